The zero-order valence-corrected chi connectivity index (χ0v) is 8.46. The fourth-order valence-electron chi connectivity index (χ4n) is 1.13. The number of aromatic nitrogens is 2. The van der Waals surface area contributed by atoms with Gasteiger partial charge in [0.25, 0.3) is 0 Å². The first kappa shape index (κ1) is 11.9. The van der Waals surface area contributed by atoms with Crippen molar-refractivity contribution in [1.29, 1.82) is 0 Å². The van der Waals surface area contributed by atoms with Crippen LogP contribution >= 0.6 is 11.6 Å². The van der Waals surface area contributed by atoms with E-state index in [2.05, 4.69) is 4.98 Å². The minimum absolute atomic E-state index is 0.0415. The normalized spacial score (nSPS) is 12.7. The molecule has 0 unspecified atom stereocenters. The lowest BCUT2D eigenvalue weighted by Crippen LogP contribution is -2.20. The molecule has 0 radical (unpaired) electrons. The van der Waals surface area contributed by atoms with Crippen LogP contribution in [0.5, 0.6) is 0 Å². The molecule has 0 amide bonds. The fraction of sp³-hybridized carbons (Fsp3) is 0.571. The number of hydrogen-bond donors (Lipinski definition) is 2. The maximum Gasteiger partial charge on any atom is 0.343 e. The van der Waals surface area contributed by atoms with Gasteiger partial charge in [-0.15, -0.1) is 11.6 Å². The largest absolute Gasteiger partial charge is 0.388 e. The average molecular weight is 236 g/mol. The van der Waals surface area contributed by atoms with Gasteiger partial charge in [-0.25, -0.2) is 9.55 Å². The van der Waals surface area contributed by atoms with Crippen molar-refractivity contribution in [3.05, 3.63) is 22.1 Å². The van der Waals surface area contributed by atoms with Gasteiger partial charge in [0.15, 0.2) is 0 Å². The molecule has 0 aliphatic rings. The van der Waals surface area contributed by atoms with E-state index in [1.54, 1.807) is 0 Å². The summed E-state index contributed by atoms with van der Waals surface area (Å²) in [5, 5.41) is 28.7. The lowest BCUT2D eigenvalue weighted by Gasteiger charge is -2.06. The number of rotatable bonds is 5. The van der Waals surface area contributed by atoms with Crippen LogP contribution in [0, 0.1) is 10.1 Å². The van der Waals surface area contributed by atoms with Crippen LogP contribution in [0.1, 0.15) is 5.82 Å². The van der Waals surface area contributed by atoms with Gasteiger partial charge in [-0.3, -0.25) is 0 Å². The fourth-order valence-corrected chi connectivity index (χ4v) is 1.23. The van der Waals surface area contributed by atoms with Crippen molar-refractivity contribution in [2.75, 3.05) is 5.88 Å². The Morgan fingerprint density at radius 3 is 2.87 bits per heavy atom. The Morgan fingerprint density at radius 2 is 2.40 bits per heavy atom. The summed E-state index contributed by atoms with van der Waals surface area (Å²) < 4.78 is 1.13. The van der Waals surface area contributed by atoms with Crippen molar-refractivity contribution >= 4 is 17.4 Å². The monoisotopic (exact) mass is 235 g/mol. The second kappa shape index (κ2) is 5.06. The number of nitro groups is 1. The molecule has 8 heteroatoms. The summed E-state index contributed by atoms with van der Waals surface area (Å²) in [4.78, 5) is 13.6. The van der Waals surface area contributed by atoms with E-state index in [0.29, 0.717) is 0 Å². The summed E-state index contributed by atoms with van der Waals surface area (Å²) >= 11 is 5.38. The third kappa shape index (κ3) is 2.65. The van der Waals surface area contributed by atoms with Gasteiger partial charge in [-0.2, -0.15) is 0 Å². The van der Waals surface area contributed by atoms with Gasteiger partial charge in [0.05, 0.1) is 5.88 Å². The summed E-state index contributed by atoms with van der Waals surface area (Å²) in [6, 6.07) is 0. The van der Waals surface area contributed by atoms with Crippen LogP contribution in [0.4, 0.5) is 5.82 Å². The highest BCUT2D eigenvalue weighted by molar-refractivity contribution is 6.18. The number of halogens is 1. The van der Waals surface area contributed by atoms with Crippen molar-refractivity contribution in [3.8, 4) is 0 Å². The molecule has 0 fully saturated rings. The number of imidazole rings is 1. The van der Waals surface area contributed by atoms with Gasteiger partial charge in [0.2, 0.25) is 5.82 Å². The molecular formula is C7H10ClN3O4. The summed E-state index contributed by atoms with van der Waals surface area (Å²) in [5.74, 6) is -0.186. The Hall–Kier alpha value is -1.18. The van der Waals surface area contributed by atoms with Crippen molar-refractivity contribution in [3.63, 3.8) is 0 Å². The van der Waals surface area contributed by atoms with E-state index in [9.17, 15) is 15.2 Å². The molecule has 15 heavy (non-hydrogen) atoms. The van der Waals surface area contributed by atoms with Crippen molar-refractivity contribution < 1.29 is 15.1 Å². The highest BCUT2D eigenvalue weighted by atomic mass is 35.5. The molecule has 2 N–H and O–H groups in total. The molecule has 1 atom stereocenters. The SMILES string of the molecule is O=[N+]([O-])c1cnc(CO)n1C[C@H](O)CCl. The van der Waals surface area contributed by atoms with Crippen molar-refractivity contribution in [2.24, 2.45) is 0 Å². The van der Waals surface area contributed by atoms with Gasteiger partial charge in [-0.1, -0.05) is 0 Å². The predicted molar refractivity (Wildman–Crippen MR) is 51.5 cm³/mol. The second-order valence-electron chi connectivity index (χ2n) is 2.87. The standard InChI is InChI=1S/C7H10ClN3O4/c8-1-5(13)3-10-6(4-12)9-2-7(10)11(14)15/h2,5,12-13H,1,3-4H2/t5-/m1/s1. The van der Waals surface area contributed by atoms with Crippen LogP contribution < -0.4 is 0 Å². The number of alkyl halides is 1. The molecule has 1 aromatic rings. The highest BCUT2D eigenvalue weighted by Crippen LogP contribution is 2.15. The number of aliphatic hydroxyl groups is 2. The van der Waals surface area contributed by atoms with E-state index in [-0.39, 0.29) is 24.1 Å². The molecule has 0 saturated heterocycles. The summed E-state index contributed by atoms with van der Waals surface area (Å²) in [6.07, 6.45) is 0.122. The molecule has 0 bridgehead atoms. The minimum atomic E-state index is -0.912. The van der Waals surface area contributed by atoms with Gasteiger partial charge in [-0.05, 0) is 4.92 Å². The number of nitrogens with zero attached hydrogens (tertiary/aromatic N) is 3. The highest BCUT2D eigenvalue weighted by Gasteiger charge is 2.21. The molecule has 7 nitrogen and oxygen atoms in total. The molecule has 0 aromatic carbocycles. The Bertz CT molecular complexity index is 354. The smallest absolute Gasteiger partial charge is 0.343 e. The van der Waals surface area contributed by atoms with Crippen LogP contribution in [0.25, 0.3) is 0 Å². The summed E-state index contributed by atoms with van der Waals surface area (Å²) in [7, 11) is 0. The van der Waals surface area contributed by atoms with E-state index < -0.39 is 17.6 Å². The minimum Gasteiger partial charge on any atom is -0.388 e. The lowest BCUT2D eigenvalue weighted by molar-refractivity contribution is -0.392. The van der Waals surface area contributed by atoms with Gasteiger partial charge < -0.3 is 20.3 Å². The Kier molecular flexibility index (Phi) is 4.01. The average Bonchev–Trinajstić information content (AvgIpc) is 2.60. The van der Waals surface area contributed by atoms with Crippen molar-refractivity contribution in [1.82, 2.24) is 9.55 Å². The molecule has 0 aliphatic heterocycles. The van der Waals surface area contributed by atoms with E-state index in [1.165, 1.54) is 0 Å². The summed E-state index contributed by atoms with van der Waals surface area (Å²) in [6.45, 7) is -0.488. The maximum atomic E-state index is 10.6. The Labute approximate surface area is 90.1 Å². The number of hydrogen-bond acceptors (Lipinski definition) is 5. The van der Waals surface area contributed by atoms with Gasteiger partial charge >= 0.3 is 5.82 Å². The predicted octanol–water partition coefficient (Wildman–Crippen LogP) is -0.117. The van der Waals surface area contributed by atoms with Crippen molar-refractivity contribution in [2.45, 2.75) is 19.3 Å². The third-order valence-corrected chi connectivity index (χ3v) is 2.17. The Balaban J connectivity index is 2.99. The first-order chi connectivity index (χ1) is 7.10. The molecule has 1 aromatic heterocycles. The van der Waals surface area contributed by atoms with Crippen LogP contribution in [-0.4, -0.2) is 36.7 Å². The van der Waals surface area contributed by atoms with Crippen LogP contribution in [0.15, 0.2) is 6.20 Å². The molecule has 84 valence electrons. The number of aliphatic hydroxyl groups excluding tert-OH is 2. The zero-order chi connectivity index (χ0) is 11.4. The molecule has 0 spiro atoms. The quantitative estimate of drug-likeness (QED) is 0.421. The molecule has 0 saturated carbocycles. The lowest BCUT2D eigenvalue weighted by atomic mass is 10.4. The van der Waals surface area contributed by atoms with Gasteiger partial charge in [0, 0.05) is 0 Å². The van der Waals surface area contributed by atoms with Crippen LogP contribution in [0.3, 0.4) is 0 Å². The topological polar surface area (TPSA) is 101 Å². The second-order valence-corrected chi connectivity index (χ2v) is 3.18. The zero-order valence-electron chi connectivity index (χ0n) is 7.71. The molecular weight excluding hydrogens is 226 g/mol. The Morgan fingerprint density at radius 1 is 1.73 bits per heavy atom. The first-order valence-electron chi connectivity index (χ1n) is 4.13. The van der Waals surface area contributed by atoms with E-state index >= 15 is 0 Å². The van der Waals surface area contributed by atoms with Crippen LogP contribution in [-0.2, 0) is 13.2 Å². The first-order valence-corrected chi connectivity index (χ1v) is 4.67. The van der Waals surface area contributed by atoms with Crippen LogP contribution in [0.2, 0.25) is 0 Å². The van der Waals surface area contributed by atoms with E-state index in [0.717, 1.165) is 10.8 Å². The molecule has 1 rings (SSSR count). The van der Waals surface area contributed by atoms with Gasteiger partial charge in [0.1, 0.15) is 25.5 Å². The molecule has 1 heterocycles. The maximum absolute atomic E-state index is 10.6. The van der Waals surface area contributed by atoms with E-state index in [1.807, 2.05) is 0 Å². The summed E-state index contributed by atoms with van der Waals surface area (Å²) in [5.41, 5.74) is 0. The third-order valence-electron chi connectivity index (χ3n) is 1.82. The van der Waals surface area contributed by atoms with E-state index in [4.69, 9.17) is 16.7 Å². The molecule has 0 aliphatic carbocycles.